The lowest BCUT2D eigenvalue weighted by atomic mass is 10.1. The molecule has 1 fully saturated rings. The second-order valence-corrected chi connectivity index (χ2v) is 9.71. The summed E-state index contributed by atoms with van der Waals surface area (Å²) >= 11 is 0. The predicted octanol–water partition coefficient (Wildman–Crippen LogP) is 3.35. The fourth-order valence-electron chi connectivity index (χ4n) is 3.74. The minimum absolute atomic E-state index is 0.0249. The van der Waals surface area contributed by atoms with Gasteiger partial charge in [0.2, 0.25) is 5.91 Å². The Morgan fingerprint density at radius 1 is 1.00 bits per heavy atom. The van der Waals surface area contributed by atoms with E-state index in [2.05, 4.69) is 5.32 Å². The second kappa shape index (κ2) is 9.40. The zero-order valence-corrected chi connectivity index (χ0v) is 18.3. The topological polar surface area (TPSA) is 96.7 Å². The van der Waals surface area contributed by atoms with Crippen molar-refractivity contribution in [2.24, 2.45) is 0 Å². The molecule has 1 aliphatic heterocycles. The Labute approximate surface area is 187 Å². The Morgan fingerprint density at radius 3 is 2.34 bits per heavy atom. The molecular weight excluding hydrogens is 428 g/mol. The van der Waals surface area contributed by atoms with Crippen LogP contribution in [0.2, 0.25) is 0 Å². The van der Waals surface area contributed by atoms with E-state index in [4.69, 9.17) is 4.42 Å². The van der Waals surface area contributed by atoms with Crippen molar-refractivity contribution in [3.63, 3.8) is 0 Å². The number of nitrogens with one attached hydrogen (secondary N) is 1. The summed E-state index contributed by atoms with van der Waals surface area (Å²) in [5.41, 5.74) is 0.874. The van der Waals surface area contributed by atoms with Gasteiger partial charge in [-0.3, -0.25) is 9.59 Å². The van der Waals surface area contributed by atoms with Crippen molar-refractivity contribution in [3.8, 4) is 0 Å². The van der Waals surface area contributed by atoms with E-state index in [1.165, 1.54) is 24.3 Å². The van der Waals surface area contributed by atoms with E-state index < -0.39 is 21.8 Å². The average Bonchev–Trinajstić information content (AvgIpc) is 3.43. The maximum atomic E-state index is 12.9. The van der Waals surface area contributed by atoms with E-state index in [0.717, 1.165) is 12.0 Å². The van der Waals surface area contributed by atoms with Gasteiger partial charge in [-0.1, -0.05) is 48.5 Å². The molecule has 1 unspecified atom stereocenters. The van der Waals surface area contributed by atoms with Crippen LogP contribution in [0.5, 0.6) is 0 Å². The Hall–Kier alpha value is -3.39. The molecule has 1 atom stereocenters. The van der Waals surface area contributed by atoms with Crippen LogP contribution in [-0.2, 0) is 20.4 Å². The fourth-order valence-corrected chi connectivity index (χ4v) is 5.01. The van der Waals surface area contributed by atoms with Crippen molar-refractivity contribution >= 4 is 21.7 Å². The molecule has 0 spiro atoms. The summed E-state index contributed by atoms with van der Waals surface area (Å²) in [5, 5.41) is 2.93. The first-order valence-corrected chi connectivity index (χ1v) is 12.1. The van der Waals surface area contributed by atoms with Crippen molar-refractivity contribution in [2.75, 3.05) is 13.1 Å². The van der Waals surface area contributed by atoms with Crippen LogP contribution >= 0.6 is 0 Å². The molecule has 4 rings (SSSR count). The van der Waals surface area contributed by atoms with Gasteiger partial charge in [0.1, 0.15) is 11.5 Å². The minimum Gasteiger partial charge on any atom is -0.455 e. The lowest BCUT2D eigenvalue weighted by Gasteiger charge is -2.25. The summed E-state index contributed by atoms with van der Waals surface area (Å²) in [6.45, 7) is 1.03. The lowest BCUT2D eigenvalue weighted by molar-refractivity contribution is -0.128. The third-order valence-corrected chi connectivity index (χ3v) is 7.06. The van der Waals surface area contributed by atoms with Gasteiger partial charge in [-0.15, -0.1) is 0 Å². The van der Waals surface area contributed by atoms with Gasteiger partial charge in [0.25, 0.3) is 5.91 Å². The number of hydrogen-bond acceptors (Lipinski definition) is 5. The van der Waals surface area contributed by atoms with Crippen LogP contribution in [0.3, 0.4) is 0 Å². The van der Waals surface area contributed by atoms with Crippen LogP contribution in [0.25, 0.3) is 0 Å². The van der Waals surface area contributed by atoms with Crippen molar-refractivity contribution in [1.29, 1.82) is 0 Å². The van der Waals surface area contributed by atoms with Crippen LogP contribution in [0.1, 0.15) is 40.8 Å². The largest absolute Gasteiger partial charge is 0.455 e. The van der Waals surface area contributed by atoms with Crippen molar-refractivity contribution < 1.29 is 22.4 Å². The monoisotopic (exact) mass is 452 g/mol. The van der Waals surface area contributed by atoms with Crippen molar-refractivity contribution in [1.82, 2.24) is 10.2 Å². The number of carbonyl (C=O) groups excluding carboxylic acids is 2. The zero-order chi connectivity index (χ0) is 22.6. The third kappa shape index (κ3) is 5.08. The van der Waals surface area contributed by atoms with Gasteiger partial charge in [-0.25, -0.2) is 8.42 Å². The van der Waals surface area contributed by atoms with Gasteiger partial charge in [0, 0.05) is 19.5 Å². The molecule has 0 aliphatic carbocycles. The summed E-state index contributed by atoms with van der Waals surface area (Å²) in [4.78, 5) is 26.9. The number of benzene rings is 2. The zero-order valence-electron chi connectivity index (χ0n) is 17.4. The molecule has 7 nitrogen and oxygen atoms in total. The van der Waals surface area contributed by atoms with E-state index in [-0.39, 0.29) is 28.1 Å². The summed E-state index contributed by atoms with van der Waals surface area (Å²) in [5.74, 6) is -0.517. The smallest absolute Gasteiger partial charge is 0.287 e. The summed E-state index contributed by atoms with van der Waals surface area (Å²) in [6.07, 6.45) is 1.33. The van der Waals surface area contributed by atoms with Gasteiger partial charge in [-0.05, 0) is 36.2 Å². The second-order valence-electron chi connectivity index (χ2n) is 7.72. The molecule has 3 aromatic rings. The highest BCUT2D eigenvalue weighted by molar-refractivity contribution is 7.90. The Morgan fingerprint density at radius 2 is 1.69 bits per heavy atom. The van der Waals surface area contributed by atoms with Crippen LogP contribution in [0.15, 0.2) is 82.1 Å². The molecule has 0 saturated carbocycles. The number of carbonyl (C=O) groups is 2. The lowest BCUT2D eigenvalue weighted by Crippen LogP contribution is -2.38. The van der Waals surface area contributed by atoms with Gasteiger partial charge in [0.05, 0.1) is 10.9 Å². The molecule has 32 heavy (non-hydrogen) atoms. The Kier molecular flexibility index (Phi) is 6.41. The molecule has 1 N–H and O–H groups in total. The maximum Gasteiger partial charge on any atom is 0.287 e. The normalized spacial score (nSPS) is 15.0. The number of nitrogens with zero attached hydrogens (tertiary/aromatic N) is 1. The van der Waals surface area contributed by atoms with Crippen LogP contribution in [-0.4, -0.2) is 38.2 Å². The van der Waals surface area contributed by atoms with Gasteiger partial charge < -0.3 is 14.6 Å². The standard InChI is InChI=1S/C24H24N2O5S/c27-23-12-7-15-26(23)16-21(18-8-3-1-4-9-18)25-24(28)22-14-13-19(31-22)17-32(29,30)20-10-5-2-6-11-20/h1-6,8-11,13-14,21H,7,12,15-17H2,(H,25,28). The molecule has 2 heterocycles. The summed E-state index contributed by atoms with van der Waals surface area (Å²) < 4.78 is 30.7. The van der Waals surface area contributed by atoms with Crippen LogP contribution in [0.4, 0.5) is 0 Å². The first-order valence-electron chi connectivity index (χ1n) is 10.4. The summed E-state index contributed by atoms with van der Waals surface area (Å²) in [7, 11) is -3.58. The number of likely N-dealkylation sites (tertiary alicyclic amines) is 1. The predicted molar refractivity (Wildman–Crippen MR) is 119 cm³/mol. The third-order valence-electron chi connectivity index (χ3n) is 5.40. The van der Waals surface area contributed by atoms with E-state index in [0.29, 0.717) is 19.5 Å². The molecule has 1 aromatic heterocycles. The molecule has 2 aromatic carbocycles. The van der Waals surface area contributed by atoms with Gasteiger partial charge in [0.15, 0.2) is 15.6 Å². The van der Waals surface area contributed by atoms with Crippen LogP contribution in [0, 0.1) is 0 Å². The molecule has 1 aliphatic rings. The molecular formula is C24H24N2O5S. The summed E-state index contributed by atoms with van der Waals surface area (Å²) in [6, 6.07) is 20.1. The number of amides is 2. The number of furan rings is 1. The molecule has 2 amide bonds. The van der Waals surface area contributed by atoms with E-state index in [9.17, 15) is 18.0 Å². The van der Waals surface area contributed by atoms with E-state index in [1.807, 2.05) is 30.3 Å². The Bertz CT molecular complexity index is 1190. The Balaban J connectivity index is 1.48. The van der Waals surface area contributed by atoms with Crippen molar-refractivity contribution in [2.45, 2.75) is 29.5 Å². The highest BCUT2D eigenvalue weighted by Crippen LogP contribution is 2.21. The van der Waals surface area contributed by atoms with Gasteiger partial charge in [-0.2, -0.15) is 0 Å². The molecule has 1 saturated heterocycles. The quantitative estimate of drug-likeness (QED) is 0.565. The number of sulfone groups is 1. The van der Waals surface area contributed by atoms with E-state index >= 15 is 0 Å². The van der Waals surface area contributed by atoms with E-state index in [1.54, 1.807) is 23.1 Å². The first kappa shape index (κ1) is 21.8. The number of rotatable bonds is 8. The SMILES string of the molecule is O=C(NC(CN1CCCC1=O)c1ccccc1)c1ccc(CS(=O)(=O)c2ccccc2)o1. The number of hydrogen-bond donors (Lipinski definition) is 1. The molecule has 0 radical (unpaired) electrons. The highest BCUT2D eigenvalue weighted by atomic mass is 32.2. The first-order chi connectivity index (χ1) is 15.4. The minimum atomic E-state index is -3.58. The highest BCUT2D eigenvalue weighted by Gasteiger charge is 2.26. The van der Waals surface area contributed by atoms with Crippen LogP contribution < -0.4 is 5.32 Å². The average molecular weight is 453 g/mol. The van der Waals surface area contributed by atoms with Gasteiger partial charge >= 0.3 is 0 Å². The van der Waals surface area contributed by atoms with Crippen molar-refractivity contribution in [3.05, 3.63) is 89.9 Å². The molecule has 0 bridgehead atoms. The fraction of sp³-hybridized carbons (Fsp3) is 0.250. The molecule has 166 valence electrons. The molecule has 8 heteroatoms. The maximum absolute atomic E-state index is 12.9.